The monoisotopic (exact) mass is 380 g/mol. The molecule has 4 rings (SSSR count). The molecule has 0 saturated heterocycles. The van der Waals surface area contributed by atoms with Crippen LogP contribution in [-0.2, 0) is 6.42 Å². The molecule has 2 amide bonds. The van der Waals surface area contributed by atoms with E-state index in [1.807, 2.05) is 44.2 Å². The Morgan fingerprint density at radius 2 is 2.07 bits per heavy atom. The third-order valence-corrected chi connectivity index (χ3v) is 4.65. The maximum atomic E-state index is 14.5. The Bertz CT molecular complexity index is 1010. The van der Waals surface area contributed by atoms with Gasteiger partial charge in [0.1, 0.15) is 17.5 Å². The van der Waals surface area contributed by atoms with E-state index < -0.39 is 11.8 Å². The van der Waals surface area contributed by atoms with Gasteiger partial charge < -0.3 is 15.4 Å². The summed E-state index contributed by atoms with van der Waals surface area (Å²) in [4.78, 5) is 12.1. The lowest BCUT2D eigenvalue weighted by Gasteiger charge is -2.13. The number of rotatable bonds is 4. The van der Waals surface area contributed by atoms with Crippen LogP contribution < -0.4 is 15.4 Å². The van der Waals surface area contributed by atoms with Gasteiger partial charge in [-0.05, 0) is 49.7 Å². The Kier molecular flexibility index (Phi) is 4.73. The Hall–Kier alpha value is -3.35. The molecule has 0 aliphatic carbocycles. The fourth-order valence-electron chi connectivity index (χ4n) is 3.38. The van der Waals surface area contributed by atoms with Crippen LogP contribution in [0.4, 0.5) is 14.9 Å². The number of benzene rings is 2. The van der Waals surface area contributed by atoms with Gasteiger partial charge in [-0.15, -0.1) is 0 Å². The van der Waals surface area contributed by atoms with E-state index in [9.17, 15) is 9.18 Å². The molecule has 1 aliphatic heterocycles. The summed E-state index contributed by atoms with van der Waals surface area (Å²) in [6.45, 7) is 4.09. The van der Waals surface area contributed by atoms with E-state index in [4.69, 9.17) is 4.74 Å². The van der Waals surface area contributed by atoms with Gasteiger partial charge in [0.15, 0.2) is 5.82 Å². The number of nitrogens with zero attached hydrogens (tertiary/aromatic N) is 2. The summed E-state index contributed by atoms with van der Waals surface area (Å²) in [7, 11) is 0. The van der Waals surface area contributed by atoms with Crippen molar-refractivity contribution in [2.24, 2.45) is 0 Å². The van der Waals surface area contributed by atoms with Crippen molar-refractivity contribution in [3.8, 4) is 11.4 Å². The van der Waals surface area contributed by atoms with Crippen LogP contribution >= 0.6 is 0 Å². The number of carbonyl (C=O) groups is 1. The van der Waals surface area contributed by atoms with E-state index >= 15 is 0 Å². The molecule has 1 atom stereocenters. The number of anilines is 1. The highest BCUT2D eigenvalue weighted by Crippen LogP contribution is 2.27. The van der Waals surface area contributed by atoms with Crippen LogP contribution in [0.15, 0.2) is 48.5 Å². The molecular weight excluding hydrogens is 359 g/mol. The first-order valence-electron chi connectivity index (χ1n) is 9.12. The molecule has 3 aromatic rings. The smallest absolute Gasteiger partial charge is 0.319 e. The van der Waals surface area contributed by atoms with Crippen LogP contribution in [0.5, 0.6) is 5.75 Å². The van der Waals surface area contributed by atoms with E-state index in [2.05, 4.69) is 15.7 Å². The summed E-state index contributed by atoms with van der Waals surface area (Å²) >= 11 is 0. The number of fused-ring (bicyclic) bond motifs is 1. The molecular formula is C21H21FN4O2. The molecule has 0 bridgehead atoms. The minimum atomic E-state index is -0.460. The van der Waals surface area contributed by atoms with Crippen molar-refractivity contribution < 1.29 is 13.9 Å². The largest absolute Gasteiger partial charge is 0.488 e. The lowest BCUT2D eigenvalue weighted by molar-refractivity contribution is 0.219. The van der Waals surface area contributed by atoms with Crippen molar-refractivity contribution >= 4 is 11.7 Å². The molecule has 144 valence electrons. The number of nitrogens with one attached hydrogen (secondary N) is 2. The number of aryl methyl sites for hydroxylation is 2. The lowest BCUT2D eigenvalue weighted by Crippen LogP contribution is -2.37. The van der Waals surface area contributed by atoms with Gasteiger partial charge in [0.05, 0.1) is 12.2 Å². The van der Waals surface area contributed by atoms with E-state index in [1.165, 1.54) is 6.07 Å². The summed E-state index contributed by atoms with van der Waals surface area (Å²) in [6, 6.07) is 13.8. The summed E-state index contributed by atoms with van der Waals surface area (Å²) in [5.74, 6) is 0.398. The molecule has 0 saturated carbocycles. The highest BCUT2D eigenvalue weighted by Gasteiger charge is 2.22. The third-order valence-electron chi connectivity index (χ3n) is 4.65. The summed E-state index contributed by atoms with van der Waals surface area (Å²) in [5.41, 5.74) is 3.50. The van der Waals surface area contributed by atoms with E-state index in [0.717, 1.165) is 29.1 Å². The van der Waals surface area contributed by atoms with E-state index in [-0.39, 0.29) is 6.10 Å². The molecule has 2 N–H and O–H groups in total. The zero-order valence-electron chi connectivity index (χ0n) is 15.7. The van der Waals surface area contributed by atoms with Crippen LogP contribution in [0.1, 0.15) is 17.0 Å². The van der Waals surface area contributed by atoms with Crippen LogP contribution in [-0.4, -0.2) is 28.5 Å². The molecule has 2 heterocycles. The number of carbonyl (C=O) groups excluding carboxylic acids is 1. The SMILES string of the molecule is Cc1cc(C)n(-c2ccc(NC(=O)NC[C@H]3Cc4ccccc4O3)cc2F)n1. The van der Waals surface area contributed by atoms with Crippen molar-refractivity contribution in [1.29, 1.82) is 0 Å². The standard InChI is InChI=1S/C21H21FN4O2/c1-13-9-14(2)26(25-13)19-8-7-16(11-18(19)22)24-21(27)23-12-17-10-15-5-3-4-6-20(15)28-17/h3-9,11,17H,10,12H2,1-2H3,(H2,23,24,27)/t17-/m1/s1. The second-order valence-corrected chi connectivity index (χ2v) is 6.89. The quantitative estimate of drug-likeness (QED) is 0.724. The first-order chi connectivity index (χ1) is 13.5. The Balaban J connectivity index is 1.35. The van der Waals surface area contributed by atoms with Crippen molar-refractivity contribution in [2.75, 3.05) is 11.9 Å². The lowest BCUT2D eigenvalue weighted by atomic mass is 10.1. The predicted molar refractivity (Wildman–Crippen MR) is 105 cm³/mol. The molecule has 0 unspecified atom stereocenters. The van der Waals surface area contributed by atoms with Crippen LogP contribution in [0, 0.1) is 19.7 Å². The zero-order valence-corrected chi connectivity index (χ0v) is 15.7. The van der Waals surface area contributed by atoms with Gasteiger partial charge >= 0.3 is 6.03 Å². The second-order valence-electron chi connectivity index (χ2n) is 6.89. The van der Waals surface area contributed by atoms with Crippen molar-refractivity contribution in [3.05, 3.63) is 71.3 Å². The van der Waals surface area contributed by atoms with Gasteiger partial charge in [0, 0.05) is 17.8 Å². The molecule has 28 heavy (non-hydrogen) atoms. The second kappa shape index (κ2) is 7.34. The molecule has 0 spiro atoms. The molecule has 0 radical (unpaired) electrons. The average Bonchev–Trinajstić information content (AvgIpc) is 3.22. The maximum Gasteiger partial charge on any atom is 0.319 e. The number of ether oxygens (including phenoxy) is 1. The Morgan fingerprint density at radius 1 is 1.25 bits per heavy atom. The van der Waals surface area contributed by atoms with Crippen LogP contribution in [0.3, 0.4) is 0 Å². The Morgan fingerprint density at radius 3 is 2.79 bits per heavy atom. The first kappa shape index (κ1) is 18.0. The summed E-state index contributed by atoms with van der Waals surface area (Å²) < 4.78 is 21.8. The summed E-state index contributed by atoms with van der Waals surface area (Å²) in [5, 5.41) is 9.71. The van der Waals surface area contributed by atoms with Crippen LogP contribution in [0.25, 0.3) is 5.69 Å². The van der Waals surface area contributed by atoms with Gasteiger partial charge in [0.2, 0.25) is 0 Å². The molecule has 1 aliphatic rings. The molecule has 7 heteroatoms. The fraction of sp³-hybridized carbons (Fsp3) is 0.238. The Labute approximate surface area is 162 Å². The van der Waals surface area contributed by atoms with Gasteiger partial charge in [-0.25, -0.2) is 13.9 Å². The zero-order chi connectivity index (χ0) is 19.7. The number of hydrogen-bond donors (Lipinski definition) is 2. The number of aromatic nitrogens is 2. The molecule has 0 fully saturated rings. The van der Waals surface area contributed by atoms with Gasteiger partial charge in [-0.2, -0.15) is 5.10 Å². The number of urea groups is 1. The van der Waals surface area contributed by atoms with E-state index in [1.54, 1.807) is 16.8 Å². The van der Waals surface area contributed by atoms with Gasteiger partial charge in [-0.3, -0.25) is 0 Å². The topological polar surface area (TPSA) is 68.2 Å². The molecule has 2 aromatic carbocycles. The number of amides is 2. The average molecular weight is 380 g/mol. The highest BCUT2D eigenvalue weighted by atomic mass is 19.1. The number of para-hydroxylation sites is 1. The summed E-state index contributed by atoms with van der Waals surface area (Å²) in [6.07, 6.45) is 0.649. The fourth-order valence-corrected chi connectivity index (χ4v) is 3.38. The van der Waals surface area contributed by atoms with Crippen molar-refractivity contribution in [2.45, 2.75) is 26.4 Å². The minimum Gasteiger partial charge on any atom is -0.488 e. The van der Waals surface area contributed by atoms with Crippen LogP contribution in [0.2, 0.25) is 0 Å². The molecule has 1 aromatic heterocycles. The molecule has 6 nitrogen and oxygen atoms in total. The number of halogens is 1. The number of hydrogen-bond acceptors (Lipinski definition) is 3. The van der Waals surface area contributed by atoms with Gasteiger partial charge in [0.25, 0.3) is 0 Å². The third kappa shape index (κ3) is 3.69. The normalized spacial score (nSPS) is 15.0. The van der Waals surface area contributed by atoms with Crippen molar-refractivity contribution in [3.63, 3.8) is 0 Å². The van der Waals surface area contributed by atoms with Crippen molar-refractivity contribution in [1.82, 2.24) is 15.1 Å². The van der Waals surface area contributed by atoms with Gasteiger partial charge in [-0.1, -0.05) is 18.2 Å². The highest BCUT2D eigenvalue weighted by molar-refractivity contribution is 5.89. The predicted octanol–water partition coefficient (Wildman–Crippen LogP) is 3.75. The first-order valence-corrected chi connectivity index (χ1v) is 9.12. The maximum absolute atomic E-state index is 14.5. The minimum absolute atomic E-state index is 0.103. The van der Waals surface area contributed by atoms with E-state index in [0.29, 0.717) is 17.9 Å².